The second-order valence-electron chi connectivity index (χ2n) is 5.50. The number of hydrogen-bond donors (Lipinski definition) is 0. The highest BCUT2D eigenvalue weighted by atomic mass is 19.4. The fourth-order valence-corrected chi connectivity index (χ4v) is 2.00. The first-order valence-electron chi connectivity index (χ1n) is 6.08. The van der Waals surface area contributed by atoms with Gasteiger partial charge in [0.05, 0.1) is 17.2 Å². The Balaban J connectivity index is 2.37. The van der Waals surface area contributed by atoms with Gasteiger partial charge in [-0.25, -0.2) is 0 Å². The Morgan fingerprint density at radius 1 is 1.25 bits per heavy atom. The molecule has 1 aliphatic rings. The van der Waals surface area contributed by atoms with Crippen LogP contribution in [0, 0.1) is 16.7 Å². The second-order valence-corrected chi connectivity index (χ2v) is 5.50. The Kier molecular flexibility index (Phi) is 3.81. The Morgan fingerprint density at radius 2 is 1.85 bits per heavy atom. The van der Waals surface area contributed by atoms with E-state index in [2.05, 4.69) is 0 Å². The highest BCUT2D eigenvalue weighted by Crippen LogP contribution is 2.31. The minimum atomic E-state index is -4.57. The van der Waals surface area contributed by atoms with E-state index in [1.54, 1.807) is 6.07 Å². The second kappa shape index (κ2) is 5.11. The Labute approximate surface area is 115 Å². The molecule has 0 aromatic heterocycles. The molecule has 7 heteroatoms. The molecule has 1 heterocycles. The first-order chi connectivity index (χ1) is 9.24. The van der Waals surface area contributed by atoms with Crippen LogP contribution in [0.25, 0.3) is 0 Å². The van der Waals surface area contributed by atoms with E-state index < -0.39 is 24.4 Å². The zero-order chi connectivity index (χ0) is 15.0. The van der Waals surface area contributed by atoms with Crippen LogP contribution in [0.2, 0.25) is 0 Å². The maximum absolute atomic E-state index is 12.9. The van der Waals surface area contributed by atoms with Crippen LogP contribution in [0.4, 0.5) is 13.2 Å². The zero-order valence-electron chi connectivity index (χ0n) is 11.1. The largest absolute Gasteiger partial charge is 0.495 e. The third-order valence-corrected chi connectivity index (χ3v) is 3.02. The maximum Gasteiger partial charge on any atom is 0.495 e. The average molecular weight is 283 g/mol. The number of benzene rings is 1. The first kappa shape index (κ1) is 14.9. The van der Waals surface area contributed by atoms with Crippen LogP contribution < -0.4 is 5.46 Å². The van der Waals surface area contributed by atoms with Crippen LogP contribution in [0.15, 0.2) is 18.2 Å². The van der Waals surface area contributed by atoms with Crippen molar-refractivity contribution in [2.24, 2.45) is 5.41 Å². The van der Waals surface area contributed by atoms with Gasteiger partial charge in [-0.15, -0.1) is 0 Å². The van der Waals surface area contributed by atoms with E-state index in [1.165, 1.54) is 12.1 Å². The molecule has 106 valence electrons. The van der Waals surface area contributed by atoms with Crippen molar-refractivity contribution in [1.82, 2.24) is 0 Å². The highest BCUT2D eigenvalue weighted by molar-refractivity contribution is 6.62. The zero-order valence-corrected chi connectivity index (χ0v) is 11.1. The third kappa shape index (κ3) is 2.97. The van der Waals surface area contributed by atoms with Gasteiger partial charge in [0.25, 0.3) is 0 Å². The molecule has 1 aliphatic heterocycles. The summed E-state index contributed by atoms with van der Waals surface area (Å²) in [5, 5.41) is 9.03. The van der Waals surface area contributed by atoms with E-state index in [4.69, 9.17) is 14.6 Å². The molecule has 0 unspecified atom stereocenters. The van der Waals surface area contributed by atoms with Crippen molar-refractivity contribution < 1.29 is 22.5 Å². The lowest BCUT2D eigenvalue weighted by Crippen LogP contribution is -2.48. The lowest BCUT2D eigenvalue weighted by Gasteiger charge is -2.33. The molecule has 0 N–H and O–H groups in total. The summed E-state index contributed by atoms with van der Waals surface area (Å²) in [6, 6.07) is 5.18. The molecular formula is C13H13BF3NO2. The van der Waals surface area contributed by atoms with Crippen LogP contribution in [0.1, 0.15) is 25.0 Å². The fraction of sp³-hybridized carbons (Fsp3) is 0.462. The molecule has 20 heavy (non-hydrogen) atoms. The van der Waals surface area contributed by atoms with Gasteiger partial charge in [-0.1, -0.05) is 26.0 Å². The summed E-state index contributed by atoms with van der Waals surface area (Å²) in [5.74, 6) is 0. The molecule has 0 saturated carbocycles. The van der Waals surface area contributed by atoms with E-state index in [1.807, 2.05) is 13.8 Å². The van der Waals surface area contributed by atoms with E-state index in [9.17, 15) is 13.2 Å². The normalized spacial score (nSPS) is 18.7. The SMILES string of the molecule is CC1(C)COB(c2cccc(C(F)(F)F)c2C#N)OC1. The number of halogens is 3. The Morgan fingerprint density at radius 3 is 2.35 bits per heavy atom. The third-order valence-electron chi connectivity index (χ3n) is 3.02. The Hall–Kier alpha value is -1.52. The van der Waals surface area contributed by atoms with E-state index in [0.717, 1.165) is 6.07 Å². The van der Waals surface area contributed by atoms with Crippen molar-refractivity contribution in [1.29, 1.82) is 5.26 Å². The monoisotopic (exact) mass is 283 g/mol. The summed E-state index contributed by atoms with van der Waals surface area (Å²) in [6.45, 7) is 4.58. The van der Waals surface area contributed by atoms with Gasteiger partial charge in [-0.3, -0.25) is 0 Å². The van der Waals surface area contributed by atoms with Crippen molar-refractivity contribution in [3.8, 4) is 6.07 Å². The van der Waals surface area contributed by atoms with Crippen molar-refractivity contribution in [3.05, 3.63) is 29.3 Å². The number of rotatable bonds is 1. The summed E-state index contributed by atoms with van der Waals surface area (Å²) < 4.78 is 49.5. The quantitative estimate of drug-likeness (QED) is 0.743. The summed E-state index contributed by atoms with van der Waals surface area (Å²) in [7, 11) is -0.931. The predicted octanol–water partition coefficient (Wildman–Crippen LogP) is 2.35. The van der Waals surface area contributed by atoms with Gasteiger partial charge in [0.2, 0.25) is 0 Å². The first-order valence-corrected chi connectivity index (χ1v) is 6.08. The number of hydrogen-bond acceptors (Lipinski definition) is 3. The Bertz CT molecular complexity index is 542. The minimum absolute atomic E-state index is 0.123. The van der Waals surface area contributed by atoms with Gasteiger partial charge in [0.15, 0.2) is 0 Å². The van der Waals surface area contributed by atoms with Gasteiger partial charge >= 0.3 is 13.3 Å². The van der Waals surface area contributed by atoms with Gasteiger partial charge in [-0.2, -0.15) is 18.4 Å². The molecule has 1 fully saturated rings. The lowest BCUT2D eigenvalue weighted by molar-refractivity contribution is -0.137. The average Bonchev–Trinajstić information content (AvgIpc) is 2.37. The molecule has 0 radical (unpaired) electrons. The van der Waals surface area contributed by atoms with Gasteiger partial charge in [0, 0.05) is 24.1 Å². The van der Waals surface area contributed by atoms with Gasteiger partial charge in [0.1, 0.15) is 0 Å². The standard InChI is InChI=1S/C13H13BF3NO2/c1-12(2)7-19-14(20-8-12)11-5-3-4-10(9(11)6-18)13(15,16)17/h3-5H,7-8H2,1-2H3. The fourth-order valence-electron chi connectivity index (χ4n) is 2.00. The van der Waals surface area contributed by atoms with Gasteiger partial charge in [-0.05, 0) is 6.07 Å². The van der Waals surface area contributed by atoms with Crippen molar-refractivity contribution >= 4 is 12.6 Å². The molecule has 1 aromatic carbocycles. The molecule has 3 nitrogen and oxygen atoms in total. The maximum atomic E-state index is 12.9. The van der Waals surface area contributed by atoms with Crippen molar-refractivity contribution in [2.75, 3.05) is 13.2 Å². The van der Waals surface area contributed by atoms with Crippen molar-refractivity contribution in [2.45, 2.75) is 20.0 Å². The summed E-state index contributed by atoms with van der Waals surface area (Å²) >= 11 is 0. The topological polar surface area (TPSA) is 42.2 Å². The molecule has 0 atom stereocenters. The molecular weight excluding hydrogens is 270 g/mol. The summed E-state index contributed by atoms with van der Waals surface area (Å²) in [4.78, 5) is 0. The number of nitrogens with zero attached hydrogens (tertiary/aromatic N) is 1. The van der Waals surface area contributed by atoms with Crippen LogP contribution in [0.3, 0.4) is 0 Å². The molecule has 0 aliphatic carbocycles. The van der Waals surface area contributed by atoms with Crippen LogP contribution in [-0.2, 0) is 15.5 Å². The van der Waals surface area contributed by atoms with Gasteiger partial charge < -0.3 is 9.31 Å². The van der Waals surface area contributed by atoms with Crippen LogP contribution in [0.5, 0.6) is 0 Å². The number of alkyl halides is 3. The molecule has 0 spiro atoms. The number of nitriles is 1. The minimum Gasteiger partial charge on any atom is -0.407 e. The smallest absolute Gasteiger partial charge is 0.407 e. The van der Waals surface area contributed by atoms with E-state index in [-0.39, 0.29) is 10.9 Å². The van der Waals surface area contributed by atoms with E-state index in [0.29, 0.717) is 13.2 Å². The molecule has 1 saturated heterocycles. The van der Waals surface area contributed by atoms with Crippen LogP contribution in [-0.4, -0.2) is 20.3 Å². The van der Waals surface area contributed by atoms with Crippen LogP contribution >= 0.6 is 0 Å². The van der Waals surface area contributed by atoms with Crippen molar-refractivity contribution in [3.63, 3.8) is 0 Å². The lowest BCUT2D eigenvalue weighted by atomic mass is 9.72. The summed E-state index contributed by atoms with van der Waals surface area (Å²) in [6.07, 6.45) is -4.57. The summed E-state index contributed by atoms with van der Waals surface area (Å²) in [5.41, 5.74) is -1.47. The molecule has 2 rings (SSSR count). The molecule has 1 aromatic rings. The molecule has 0 bridgehead atoms. The predicted molar refractivity (Wildman–Crippen MR) is 67.2 cm³/mol. The highest BCUT2D eigenvalue weighted by Gasteiger charge is 2.39. The van der Waals surface area contributed by atoms with E-state index >= 15 is 0 Å². The molecule has 0 amide bonds.